The van der Waals surface area contributed by atoms with Crippen LogP contribution in [0, 0.1) is 0 Å². The molecule has 5 heteroatoms. The van der Waals surface area contributed by atoms with Crippen LogP contribution in [0.4, 0.5) is 0 Å². The number of nitrogens with zero attached hydrogens (tertiary/aromatic N) is 3. The number of ether oxygens (including phenoxy) is 2. The monoisotopic (exact) mass is 399 g/mol. The molecule has 0 aliphatic rings. The van der Waals surface area contributed by atoms with Gasteiger partial charge in [0.15, 0.2) is 11.5 Å². The molecule has 0 amide bonds. The van der Waals surface area contributed by atoms with Gasteiger partial charge < -0.3 is 9.47 Å². The van der Waals surface area contributed by atoms with Crippen LogP contribution in [0.5, 0.6) is 11.5 Å². The Morgan fingerprint density at radius 2 is 1.40 bits per heavy atom. The molecule has 0 saturated heterocycles. The molecule has 2 heterocycles. The molecular formula is C25H25N3O2. The van der Waals surface area contributed by atoms with Crippen molar-refractivity contribution in [3.63, 3.8) is 0 Å². The highest BCUT2D eigenvalue weighted by molar-refractivity contribution is 5.78. The minimum absolute atomic E-state index is 0.740. The molecular weight excluding hydrogens is 374 g/mol. The van der Waals surface area contributed by atoms with Crippen LogP contribution < -0.4 is 9.47 Å². The lowest BCUT2D eigenvalue weighted by Crippen LogP contribution is -2.22. The Morgan fingerprint density at radius 1 is 0.700 bits per heavy atom. The van der Waals surface area contributed by atoms with Gasteiger partial charge in [-0.3, -0.25) is 14.9 Å². The zero-order valence-corrected chi connectivity index (χ0v) is 17.3. The van der Waals surface area contributed by atoms with Gasteiger partial charge in [0.05, 0.1) is 19.7 Å². The predicted molar refractivity (Wildman–Crippen MR) is 118 cm³/mol. The molecule has 4 rings (SSSR count). The lowest BCUT2D eigenvalue weighted by Gasteiger charge is -2.23. The number of hydrogen-bond acceptors (Lipinski definition) is 5. The molecule has 0 spiro atoms. The van der Waals surface area contributed by atoms with Crippen molar-refractivity contribution in [2.75, 3.05) is 14.2 Å². The van der Waals surface area contributed by atoms with Crippen molar-refractivity contribution in [2.24, 2.45) is 0 Å². The molecule has 2 aromatic carbocycles. The van der Waals surface area contributed by atoms with E-state index in [2.05, 4.69) is 57.3 Å². The van der Waals surface area contributed by atoms with E-state index in [0.717, 1.165) is 42.0 Å². The average molecular weight is 399 g/mol. The minimum atomic E-state index is 0.740. The predicted octanol–water partition coefficient (Wildman–Crippen LogP) is 4.85. The molecule has 0 unspecified atom stereocenters. The maximum absolute atomic E-state index is 5.48. The zero-order valence-electron chi connectivity index (χ0n) is 17.3. The summed E-state index contributed by atoms with van der Waals surface area (Å²) in [4.78, 5) is 11.0. The molecule has 0 aliphatic carbocycles. The fourth-order valence-corrected chi connectivity index (χ4v) is 3.63. The van der Waals surface area contributed by atoms with Gasteiger partial charge in [-0.15, -0.1) is 0 Å². The van der Waals surface area contributed by atoms with Crippen LogP contribution in [-0.4, -0.2) is 29.1 Å². The van der Waals surface area contributed by atoms with Gasteiger partial charge in [-0.2, -0.15) is 0 Å². The summed E-state index contributed by atoms with van der Waals surface area (Å²) < 4.78 is 10.9. The highest BCUT2D eigenvalue weighted by Gasteiger charge is 2.12. The van der Waals surface area contributed by atoms with Gasteiger partial charge in [0.1, 0.15) is 0 Å². The molecule has 30 heavy (non-hydrogen) atoms. The molecule has 5 nitrogen and oxygen atoms in total. The number of aromatic nitrogens is 2. The molecule has 2 aromatic heterocycles. The Labute approximate surface area is 176 Å². The van der Waals surface area contributed by atoms with Crippen LogP contribution in [0.25, 0.3) is 10.9 Å². The van der Waals surface area contributed by atoms with Crippen molar-refractivity contribution >= 4 is 10.9 Å². The normalized spacial score (nSPS) is 11.0. The largest absolute Gasteiger partial charge is 0.493 e. The maximum atomic E-state index is 5.48. The summed E-state index contributed by atoms with van der Waals surface area (Å²) in [5.74, 6) is 1.49. The van der Waals surface area contributed by atoms with Gasteiger partial charge in [0.25, 0.3) is 0 Å². The molecule has 0 bridgehead atoms. The summed E-state index contributed by atoms with van der Waals surface area (Å²) in [6.07, 6.45) is 5.51. The van der Waals surface area contributed by atoms with Gasteiger partial charge in [-0.05, 0) is 59.2 Å². The van der Waals surface area contributed by atoms with Gasteiger partial charge in [0.2, 0.25) is 0 Å². The third-order valence-corrected chi connectivity index (χ3v) is 5.08. The maximum Gasteiger partial charge on any atom is 0.161 e. The molecule has 0 fully saturated rings. The van der Waals surface area contributed by atoms with E-state index in [4.69, 9.17) is 9.47 Å². The van der Waals surface area contributed by atoms with E-state index < -0.39 is 0 Å². The quantitative estimate of drug-likeness (QED) is 0.424. The van der Waals surface area contributed by atoms with Crippen LogP contribution >= 0.6 is 0 Å². The van der Waals surface area contributed by atoms with Crippen LogP contribution in [0.3, 0.4) is 0 Å². The third-order valence-electron chi connectivity index (χ3n) is 5.08. The smallest absolute Gasteiger partial charge is 0.161 e. The van der Waals surface area contributed by atoms with E-state index in [0.29, 0.717) is 0 Å². The van der Waals surface area contributed by atoms with Crippen molar-refractivity contribution in [3.05, 3.63) is 95.9 Å². The van der Waals surface area contributed by atoms with E-state index in [9.17, 15) is 0 Å². The summed E-state index contributed by atoms with van der Waals surface area (Å²) in [6, 6.07) is 20.8. The molecule has 0 radical (unpaired) electrons. The van der Waals surface area contributed by atoms with E-state index in [1.54, 1.807) is 14.2 Å². The Bertz CT molecular complexity index is 1120. The van der Waals surface area contributed by atoms with Crippen molar-refractivity contribution < 1.29 is 9.47 Å². The Morgan fingerprint density at radius 3 is 2.17 bits per heavy atom. The van der Waals surface area contributed by atoms with Crippen LogP contribution in [0.1, 0.15) is 16.7 Å². The van der Waals surface area contributed by atoms with Crippen molar-refractivity contribution in [1.82, 2.24) is 14.9 Å². The summed E-state index contributed by atoms with van der Waals surface area (Å²) >= 11 is 0. The topological polar surface area (TPSA) is 47.5 Å². The first-order valence-corrected chi connectivity index (χ1v) is 9.91. The first-order valence-electron chi connectivity index (χ1n) is 9.91. The Kier molecular flexibility index (Phi) is 6.20. The number of benzene rings is 2. The van der Waals surface area contributed by atoms with Gasteiger partial charge in [-0.25, -0.2) is 0 Å². The molecule has 4 aromatic rings. The molecule has 0 atom stereocenters. The fraction of sp³-hybridized carbons (Fsp3) is 0.200. The summed E-state index contributed by atoms with van der Waals surface area (Å²) in [5, 5.41) is 1.16. The number of hydrogen-bond donors (Lipinski definition) is 0. The number of pyridine rings is 2. The standard InChI is InChI=1S/C25H25N3O2/c1-29-24-8-6-21(15-25(24)30-2)18-28(16-19-9-12-26-13-10-19)17-20-5-7-23-22(14-20)4-3-11-27-23/h3-15H,16-18H2,1-2H3. The highest BCUT2D eigenvalue weighted by Crippen LogP contribution is 2.28. The van der Waals surface area contributed by atoms with Crippen molar-refractivity contribution in [2.45, 2.75) is 19.6 Å². The number of methoxy groups -OCH3 is 2. The van der Waals surface area contributed by atoms with Crippen LogP contribution in [0.15, 0.2) is 79.3 Å². The Balaban J connectivity index is 1.60. The van der Waals surface area contributed by atoms with E-state index in [1.165, 1.54) is 16.7 Å². The van der Waals surface area contributed by atoms with Crippen molar-refractivity contribution in [1.29, 1.82) is 0 Å². The first kappa shape index (κ1) is 19.9. The SMILES string of the molecule is COc1ccc(CN(Cc2ccncc2)Cc2ccc3ncccc3c2)cc1OC. The van der Waals surface area contributed by atoms with E-state index in [1.807, 2.05) is 36.8 Å². The van der Waals surface area contributed by atoms with Gasteiger partial charge >= 0.3 is 0 Å². The second-order valence-electron chi connectivity index (χ2n) is 7.22. The zero-order chi connectivity index (χ0) is 20.8. The Hall–Kier alpha value is -3.44. The van der Waals surface area contributed by atoms with E-state index in [-0.39, 0.29) is 0 Å². The lowest BCUT2D eigenvalue weighted by molar-refractivity contribution is 0.247. The second-order valence-corrected chi connectivity index (χ2v) is 7.22. The van der Waals surface area contributed by atoms with E-state index >= 15 is 0 Å². The first-order chi connectivity index (χ1) is 14.7. The van der Waals surface area contributed by atoms with Crippen LogP contribution in [0.2, 0.25) is 0 Å². The van der Waals surface area contributed by atoms with Crippen molar-refractivity contribution in [3.8, 4) is 11.5 Å². The molecule has 0 N–H and O–H groups in total. The third kappa shape index (κ3) is 4.75. The van der Waals surface area contributed by atoms with Gasteiger partial charge in [-0.1, -0.05) is 18.2 Å². The average Bonchev–Trinajstić information content (AvgIpc) is 2.79. The molecule has 0 aliphatic heterocycles. The van der Waals surface area contributed by atoms with Gasteiger partial charge in [0, 0.05) is 43.6 Å². The highest BCUT2D eigenvalue weighted by atomic mass is 16.5. The molecule has 152 valence electrons. The summed E-state index contributed by atoms with van der Waals surface area (Å²) in [6.45, 7) is 2.43. The lowest BCUT2D eigenvalue weighted by atomic mass is 10.1. The summed E-state index contributed by atoms with van der Waals surface area (Å²) in [7, 11) is 3.32. The number of fused-ring (bicyclic) bond motifs is 1. The fourth-order valence-electron chi connectivity index (χ4n) is 3.63. The minimum Gasteiger partial charge on any atom is -0.493 e. The van der Waals surface area contributed by atoms with Crippen LogP contribution in [-0.2, 0) is 19.6 Å². The molecule has 0 saturated carbocycles. The number of rotatable bonds is 8. The second kappa shape index (κ2) is 9.37. The summed E-state index contributed by atoms with van der Waals surface area (Å²) in [5.41, 5.74) is 4.67.